The summed E-state index contributed by atoms with van der Waals surface area (Å²) in [7, 11) is 0. The topological polar surface area (TPSA) is 73.6 Å². The van der Waals surface area contributed by atoms with Crippen molar-refractivity contribution in [2.24, 2.45) is 0 Å². The van der Waals surface area contributed by atoms with Gasteiger partial charge in [0.2, 0.25) is 0 Å². The summed E-state index contributed by atoms with van der Waals surface area (Å²) in [6.45, 7) is 4.29. The second-order valence-corrected chi connectivity index (χ2v) is 5.17. The predicted molar refractivity (Wildman–Crippen MR) is 82.4 cm³/mol. The van der Waals surface area contributed by atoms with Crippen molar-refractivity contribution in [2.45, 2.75) is 20.3 Å². The number of rotatable bonds is 4. The van der Waals surface area contributed by atoms with E-state index in [9.17, 15) is 4.79 Å². The molecule has 0 bridgehead atoms. The molecular formula is C16H18N4O. The number of benzene rings is 1. The highest BCUT2D eigenvalue weighted by atomic mass is 16.1. The number of aromatic nitrogens is 3. The Kier molecular flexibility index (Phi) is 3.48. The summed E-state index contributed by atoms with van der Waals surface area (Å²) in [5, 5.41) is 11.0. The lowest BCUT2D eigenvalue weighted by molar-refractivity contribution is 0.0953. The third-order valence-corrected chi connectivity index (χ3v) is 3.71. The molecule has 0 fully saturated rings. The lowest BCUT2D eigenvalue weighted by Gasteiger charge is -2.05. The van der Waals surface area contributed by atoms with E-state index in [0.29, 0.717) is 12.1 Å². The zero-order chi connectivity index (χ0) is 14.8. The number of hydrogen-bond acceptors (Lipinski definition) is 2. The van der Waals surface area contributed by atoms with Crippen LogP contribution in [-0.2, 0) is 6.42 Å². The third-order valence-electron chi connectivity index (χ3n) is 3.71. The molecule has 1 amide bonds. The highest BCUT2D eigenvalue weighted by Gasteiger charge is 2.14. The Hall–Kier alpha value is -2.56. The minimum Gasteiger partial charge on any atom is -0.361 e. The van der Waals surface area contributed by atoms with Crippen LogP contribution >= 0.6 is 0 Å². The second kappa shape index (κ2) is 5.44. The average Bonchev–Trinajstić information content (AvgIpc) is 3.03. The van der Waals surface area contributed by atoms with E-state index in [1.54, 1.807) is 0 Å². The van der Waals surface area contributed by atoms with Crippen molar-refractivity contribution < 1.29 is 4.79 Å². The minimum absolute atomic E-state index is 0.0707. The summed E-state index contributed by atoms with van der Waals surface area (Å²) in [5.74, 6) is -0.0707. The SMILES string of the molecule is Cc1n[nH]c(C)c1C(=O)NCCc1c[nH]c2ccccc12. The molecule has 108 valence electrons. The van der Waals surface area contributed by atoms with Crippen molar-refractivity contribution in [3.63, 3.8) is 0 Å². The molecule has 3 rings (SSSR count). The minimum atomic E-state index is -0.0707. The molecule has 0 saturated carbocycles. The number of aryl methyl sites for hydroxylation is 2. The van der Waals surface area contributed by atoms with E-state index in [1.165, 1.54) is 10.9 Å². The lowest BCUT2D eigenvalue weighted by Crippen LogP contribution is -2.26. The van der Waals surface area contributed by atoms with Crippen LogP contribution in [-0.4, -0.2) is 27.6 Å². The summed E-state index contributed by atoms with van der Waals surface area (Å²) in [6.07, 6.45) is 2.80. The number of carbonyl (C=O) groups is 1. The molecule has 0 aliphatic heterocycles. The number of hydrogen-bond donors (Lipinski definition) is 3. The number of nitrogens with zero attached hydrogens (tertiary/aromatic N) is 1. The van der Waals surface area contributed by atoms with Crippen LogP contribution in [0, 0.1) is 13.8 Å². The molecule has 0 saturated heterocycles. The smallest absolute Gasteiger partial charge is 0.255 e. The molecule has 3 N–H and O–H groups in total. The number of para-hydroxylation sites is 1. The van der Waals surface area contributed by atoms with Crippen LogP contribution in [0.15, 0.2) is 30.5 Å². The van der Waals surface area contributed by atoms with Crippen LogP contribution in [0.5, 0.6) is 0 Å². The van der Waals surface area contributed by atoms with E-state index >= 15 is 0 Å². The van der Waals surface area contributed by atoms with Crippen LogP contribution in [0.4, 0.5) is 0 Å². The largest absolute Gasteiger partial charge is 0.361 e. The maximum Gasteiger partial charge on any atom is 0.255 e. The fraction of sp³-hybridized carbons (Fsp3) is 0.250. The zero-order valence-electron chi connectivity index (χ0n) is 12.2. The molecule has 5 nitrogen and oxygen atoms in total. The maximum absolute atomic E-state index is 12.2. The Morgan fingerprint density at radius 1 is 1.29 bits per heavy atom. The maximum atomic E-state index is 12.2. The van der Waals surface area contributed by atoms with E-state index in [4.69, 9.17) is 0 Å². The molecule has 0 unspecified atom stereocenters. The molecule has 5 heteroatoms. The number of aromatic amines is 2. The third kappa shape index (κ3) is 2.54. The summed E-state index contributed by atoms with van der Waals surface area (Å²) in [6, 6.07) is 8.17. The average molecular weight is 282 g/mol. The van der Waals surface area contributed by atoms with Crippen molar-refractivity contribution in [3.8, 4) is 0 Å². The Labute approximate surface area is 122 Å². The molecular weight excluding hydrogens is 264 g/mol. The van der Waals surface area contributed by atoms with E-state index in [0.717, 1.165) is 23.3 Å². The quantitative estimate of drug-likeness (QED) is 0.687. The van der Waals surface area contributed by atoms with Crippen molar-refractivity contribution in [1.29, 1.82) is 0 Å². The van der Waals surface area contributed by atoms with Gasteiger partial charge in [0.25, 0.3) is 5.91 Å². The van der Waals surface area contributed by atoms with E-state index in [1.807, 2.05) is 32.2 Å². The van der Waals surface area contributed by atoms with E-state index in [-0.39, 0.29) is 5.91 Å². The number of fused-ring (bicyclic) bond motifs is 1. The van der Waals surface area contributed by atoms with Gasteiger partial charge in [0.05, 0.1) is 11.3 Å². The van der Waals surface area contributed by atoms with Crippen molar-refractivity contribution in [2.75, 3.05) is 6.54 Å². The van der Waals surface area contributed by atoms with Crippen LogP contribution in [0.1, 0.15) is 27.3 Å². The molecule has 1 aromatic carbocycles. The van der Waals surface area contributed by atoms with Crippen molar-refractivity contribution in [1.82, 2.24) is 20.5 Å². The normalized spacial score (nSPS) is 11.0. The second-order valence-electron chi connectivity index (χ2n) is 5.17. The first-order valence-electron chi connectivity index (χ1n) is 7.01. The van der Waals surface area contributed by atoms with E-state index < -0.39 is 0 Å². The lowest BCUT2D eigenvalue weighted by atomic mass is 10.1. The Morgan fingerprint density at radius 2 is 2.10 bits per heavy atom. The van der Waals surface area contributed by atoms with Crippen molar-refractivity contribution in [3.05, 3.63) is 53.0 Å². The van der Waals surface area contributed by atoms with Gasteiger partial charge in [0.1, 0.15) is 0 Å². The van der Waals surface area contributed by atoms with Crippen LogP contribution in [0.3, 0.4) is 0 Å². The first-order chi connectivity index (χ1) is 10.2. The number of carbonyl (C=O) groups excluding carboxylic acids is 1. The molecule has 0 radical (unpaired) electrons. The van der Waals surface area contributed by atoms with Crippen LogP contribution in [0.2, 0.25) is 0 Å². The van der Waals surface area contributed by atoms with Gasteiger partial charge in [-0.15, -0.1) is 0 Å². The van der Waals surface area contributed by atoms with Gasteiger partial charge in [-0.3, -0.25) is 9.89 Å². The Morgan fingerprint density at radius 3 is 2.86 bits per heavy atom. The van der Waals surface area contributed by atoms with Gasteiger partial charge in [-0.05, 0) is 31.9 Å². The first kappa shape index (κ1) is 13.4. The molecule has 0 aliphatic carbocycles. The summed E-state index contributed by atoms with van der Waals surface area (Å²) >= 11 is 0. The van der Waals surface area contributed by atoms with Gasteiger partial charge in [-0.2, -0.15) is 5.10 Å². The predicted octanol–water partition coefficient (Wildman–Crippen LogP) is 2.48. The van der Waals surface area contributed by atoms with Gasteiger partial charge in [0, 0.05) is 29.3 Å². The number of nitrogens with one attached hydrogen (secondary N) is 3. The van der Waals surface area contributed by atoms with E-state index in [2.05, 4.69) is 32.6 Å². The molecule has 21 heavy (non-hydrogen) atoms. The van der Waals surface area contributed by atoms with Crippen LogP contribution in [0.25, 0.3) is 10.9 Å². The number of amides is 1. The molecule has 3 aromatic rings. The number of H-pyrrole nitrogens is 2. The van der Waals surface area contributed by atoms with Gasteiger partial charge in [0.15, 0.2) is 0 Å². The molecule has 0 spiro atoms. The monoisotopic (exact) mass is 282 g/mol. The fourth-order valence-electron chi connectivity index (χ4n) is 2.62. The summed E-state index contributed by atoms with van der Waals surface area (Å²) < 4.78 is 0. The zero-order valence-corrected chi connectivity index (χ0v) is 12.2. The molecule has 2 heterocycles. The van der Waals surface area contributed by atoms with Gasteiger partial charge < -0.3 is 10.3 Å². The standard InChI is InChI=1S/C16H18N4O/c1-10-15(11(2)20-19-10)16(21)17-8-7-12-9-18-14-6-4-3-5-13(12)14/h3-6,9,18H,7-8H2,1-2H3,(H,17,21)(H,19,20). The molecule has 2 aromatic heterocycles. The first-order valence-corrected chi connectivity index (χ1v) is 7.01. The van der Waals surface area contributed by atoms with Gasteiger partial charge in [-0.1, -0.05) is 18.2 Å². The molecule has 0 aliphatic rings. The Bertz CT molecular complexity index is 765. The Balaban J connectivity index is 1.65. The van der Waals surface area contributed by atoms with Crippen LogP contribution < -0.4 is 5.32 Å². The fourth-order valence-corrected chi connectivity index (χ4v) is 2.62. The summed E-state index contributed by atoms with van der Waals surface area (Å²) in [4.78, 5) is 15.4. The van der Waals surface area contributed by atoms with Crippen molar-refractivity contribution >= 4 is 16.8 Å². The molecule has 0 atom stereocenters. The van der Waals surface area contributed by atoms with Gasteiger partial charge in [-0.25, -0.2) is 0 Å². The highest BCUT2D eigenvalue weighted by Crippen LogP contribution is 2.17. The highest BCUT2D eigenvalue weighted by molar-refractivity contribution is 5.96. The van der Waals surface area contributed by atoms with Gasteiger partial charge >= 0.3 is 0 Å². The summed E-state index contributed by atoms with van der Waals surface area (Å²) in [5.41, 5.74) is 4.52.